The van der Waals surface area contributed by atoms with Crippen LogP contribution in [0.1, 0.15) is 0 Å². The maximum atomic E-state index is 10.7. The summed E-state index contributed by atoms with van der Waals surface area (Å²) in [4.78, 5) is 0. The molecule has 0 aliphatic heterocycles. The van der Waals surface area contributed by atoms with Crippen molar-refractivity contribution in [2.24, 2.45) is 0 Å². The average molecular weight is 265 g/mol. The van der Waals surface area contributed by atoms with Gasteiger partial charge in [0, 0.05) is 10.7 Å². The van der Waals surface area contributed by atoms with Gasteiger partial charge in [-0.15, -0.1) is 0 Å². The molecular weight excluding hydrogens is 261 g/mol. The van der Waals surface area contributed by atoms with Crippen molar-refractivity contribution in [3.8, 4) is 0 Å². The molecule has 0 aromatic rings. The van der Waals surface area contributed by atoms with Gasteiger partial charge in [-0.05, 0) is 0 Å². The molecule has 0 heterocycles. The fraction of sp³-hybridized carbons (Fsp3) is 1.00. The third kappa shape index (κ3) is 14.8. The van der Waals surface area contributed by atoms with Crippen LogP contribution in [0.25, 0.3) is 0 Å². The summed E-state index contributed by atoms with van der Waals surface area (Å²) in [5.74, 6) is 0. The molecule has 0 aromatic carbocycles. The van der Waals surface area contributed by atoms with Crippen LogP contribution in [-0.4, -0.2) is 33.2 Å². The molecule has 0 fully saturated rings. The Kier molecular flexibility index (Phi) is 5.26. The van der Waals surface area contributed by atoms with Crippen molar-refractivity contribution >= 4 is 29.9 Å². The van der Waals surface area contributed by atoms with Gasteiger partial charge in [-0.1, -0.05) is 0 Å². The second kappa shape index (κ2) is 4.44. The van der Waals surface area contributed by atoms with Crippen LogP contribution in [0, 0.1) is 0 Å². The summed E-state index contributed by atoms with van der Waals surface area (Å²) in [5, 5.41) is 0. The molecule has 0 saturated heterocycles. The van der Waals surface area contributed by atoms with E-state index in [2.05, 4.69) is 10.7 Å². The van der Waals surface area contributed by atoms with Crippen molar-refractivity contribution in [3.05, 3.63) is 0 Å². The predicted octanol–water partition coefficient (Wildman–Crippen LogP) is 0.579. The third-order valence-corrected chi connectivity index (χ3v) is 0.877. The molecule has 82 valence electrons. The zero-order valence-corrected chi connectivity index (χ0v) is 8.30. The summed E-state index contributed by atoms with van der Waals surface area (Å²) in [6.07, 6.45) is 0.925. The molecule has 5 nitrogen and oxygen atoms in total. The van der Waals surface area contributed by atoms with Crippen LogP contribution in [0.3, 0.4) is 0 Å². The lowest BCUT2D eigenvalue weighted by atomic mass is 11.6. The highest BCUT2D eigenvalue weighted by Gasteiger charge is 2.44. The molecule has 0 radical (unpaired) electrons. The molecule has 0 aliphatic rings. The third-order valence-electron chi connectivity index (χ3n) is 0.292. The van der Waals surface area contributed by atoms with Gasteiger partial charge in [0.15, 0.2) is 0 Å². The Bertz CT molecular complexity index is 330. The minimum Gasteiger partial charge on any atom is -0.279 e. The molecule has 0 aliphatic carbocycles. The molecule has 0 amide bonds. The monoisotopic (exact) mass is 264 g/mol. The molecule has 0 aromatic heterocycles. The molecule has 0 atom stereocenters. The lowest BCUT2D eigenvalue weighted by molar-refractivity contribution is -0.0510. The fourth-order valence-corrected chi connectivity index (χ4v) is 0. The molecule has 13 heavy (non-hydrogen) atoms. The van der Waals surface area contributed by atoms with Crippen LogP contribution in [0.15, 0.2) is 0 Å². The molecule has 11 heteroatoms. The normalized spacial score (nSPS) is 13.1. The van der Waals surface area contributed by atoms with Crippen LogP contribution in [0.2, 0.25) is 0 Å². The van der Waals surface area contributed by atoms with Gasteiger partial charge < -0.3 is 0 Å². The summed E-state index contributed by atoms with van der Waals surface area (Å²) >= 11 is 0. The Balaban J connectivity index is 0. The largest absolute Gasteiger partial charge is 0.522 e. The first-order chi connectivity index (χ1) is 5.25. The number of hydrogen-bond acceptors (Lipinski definition) is 4. The van der Waals surface area contributed by atoms with E-state index in [0.29, 0.717) is 0 Å². The number of hydrogen-bond donors (Lipinski definition) is 1. The van der Waals surface area contributed by atoms with Gasteiger partial charge >= 0.3 is 15.6 Å². The highest BCUT2D eigenvalue weighted by Crippen LogP contribution is 2.20. The van der Waals surface area contributed by atoms with Crippen LogP contribution >= 0.6 is 10.7 Å². The summed E-state index contributed by atoms with van der Waals surface area (Å²) in [6.45, 7) is 0. The van der Waals surface area contributed by atoms with Crippen LogP contribution in [0.4, 0.5) is 13.2 Å². The molecular formula is C2H4ClF3O5S2. The minimum atomic E-state index is -5.84. The van der Waals surface area contributed by atoms with Crippen molar-refractivity contribution in [2.45, 2.75) is 5.51 Å². The van der Waals surface area contributed by atoms with Crippen LogP contribution in [0.5, 0.6) is 0 Å². The van der Waals surface area contributed by atoms with Crippen molar-refractivity contribution in [1.29, 1.82) is 0 Å². The Morgan fingerprint density at radius 2 is 1.23 bits per heavy atom. The molecule has 0 unspecified atom stereocenters. The van der Waals surface area contributed by atoms with E-state index in [4.69, 9.17) is 13.0 Å². The minimum absolute atomic E-state index is 0.925. The zero-order chi connectivity index (χ0) is 11.5. The standard InChI is InChI=1S/CH3ClO2S.CHF3O3S/c1-5(2,3)4;2-1(3,4)8(5,6)7/h1H3;(H,5,6,7). The van der Waals surface area contributed by atoms with Gasteiger partial charge in [0.2, 0.25) is 9.05 Å². The summed E-state index contributed by atoms with van der Waals surface area (Å²) < 4.78 is 76.3. The topological polar surface area (TPSA) is 88.5 Å². The molecule has 0 bridgehead atoms. The van der Waals surface area contributed by atoms with Gasteiger partial charge in [0.05, 0.1) is 6.26 Å². The Labute approximate surface area is 76.7 Å². The summed E-state index contributed by atoms with van der Waals surface area (Å²) in [7, 11) is -4.53. The van der Waals surface area contributed by atoms with Crippen molar-refractivity contribution in [2.75, 3.05) is 6.26 Å². The van der Waals surface area contributed by atoms with Gasteiger partial charge in [-0.25, -0.2) is 8.42 Å². The number of rotatable bonds is 0. The maximum Gasteiger partial charge on any atom is 0.522 e. The Morgan fingerprint density at radius 3 is 1.23 bits per heavy atom. The number of alkyl halides is 3. The highest BCUT2D eigenvalue weighted by molar-refractivity contribution is 8.13. The van der Waals surface area contributed by atoms with E-state index in [1.165, 1.54) is 0 Å². The Hall–Kier alpha value is -0.0600. The van der Waals surface area contributed by atoms with E-state index in [9.17, 15) is 21.6 Å². The lowest BCUT2D eigenvalue weighted by Gasteiger charge is -1.97. The van der Waals surface area contributed by atoms with E-state index in [1.807, 2.05) is 0 Å². The van der Waals surface area contributed by atoms with E-state index < -0.39 is 24.7 Å². The molecule has 0 saturated carbocycles. The maximum absolute atomic E-state index is 10.7. The quantitative estimate of drug-likeness (QED) is 0.393. The molecule has 1 N–H and O–H groups in total. The van der Waals surface area contributed by atoms with Crippen molar-refractivity contribution in [3.63, 3.8) is 0 Å². The predicted molar refractivity (Wildman–Crippen MR) is 38.3 cm³/mol. The first kappa shape index (κ1) is 15.4. The van der Waals surface area contributed by atoms with E-state index in [0.717, 1.165) is 6.26 Å². The van der Waals surface area contributed by atoms with E-state index >= 15 is 0 Å². The average Bonchev–Trinajstić information content (AvgIpc) is 1.50. The summed E-state index contributed by atoms with van der Waals surface area (Å²) in [6, 6.07) is 0. The van der Waals surface area contributed by atoms with Crippen LogP contribution in [-0.2, 0) is 19.2 Å². The SMILES string of the molecule is CS(=O)(=O)Cl.O=S(=O)(O)C(F)(F)F. The lowest BCUT2D eigenvalue weighted by Crippen LogP contribution is -2.21. The molecule has 0 spiro atoms. The van der Waals surface area contributed by atoms with Crippen molar-refractivity contribution < 1.29 is 34.6 Å². The first-order valence-corrected chi connectivity index (χ1v) is 6.34. The van der Waals surface area contributed by atoms with Gasteiger partial charge in [-0.3, -0.25) is 4.55 Å². The number of halogens is 4. The smallest absolute Gasteiger partial charge is 0.279 e. The van der Waals surface area contributed by atoms with Gasteiger partial charge in [0.1, 0.15) is 0 Å². The van der Waals surface area contributed by atoms with Gasteiger partial charge in [0.25, 0.3) is 0 Å². The highest BCUT2D eigenvalue weighted by atomic mass is 35.7. The van der Waals surface area contributed by atoms with Gasteiger partial charge in [-0.2, -0.15) is 21.6 Å². The van der Waals surface area contributed by atoms with E-state index in [1.54, 1.807) is 0 Å². The zero-order valence-electron chi connectivity index (χ0n) is 5.91. The Morgan fingerprint density at radius 1 is 1.15 bits per heavy atom. The van der Waals surface area contributed by atoms with Crippen molar-refractivity contribution in [1.82, 2.24) is 0 Å². The van der Waals surface area contributed by atoms with E-state index in [-0.39, 0.29) is 0 Å². The fourth-order valence-electron chi connectivity index (χ4n) is 0. The summed E-state index contributed by atoms with van der Waals surface area (Å²) in [5.41, 5.74) is -5.53. The first-order valence-electron chi connectivity index (χ1n) is 2.18. The second-order valence-corrected chi connectivity index (χ2v) is 6.06. The molecule has 0 rings (SSSR count). The second-order valence-electron chi connectivity index (χ2n) is 1.60. The van der Waals surface area contributed by atoms with Crippen LogP contribution < -0.4 is 0 Å².